The quantitative estimate of drug-likeness (QED) is 0.862. The molecule has 5 atom stereocenters. The van der Waals surface area contributed by atoms with Crippen molar-refractivity contribution in [1.82, 2.24) is 0 Å². The van der Waals surface area contributed by atoms with Crippen molar-refractivity contribution in [2.45, 2.75) is 52.1 Å². The van der Waals surface area contributed by atoms with E-state index in [2.05, 4.69) is 19.9 Å². The smallest absolute Gasteiger partial charge is 0.334 e. The lowest BCUT2D eigenvalue weighted by molar-refractivity contribution is -0.138. The van der Waals surface area contributed by atoms with Gasteiger partial charge < -0.3 is 14.3 Å². The van der Waals surface area contributed by atoms with Gasteiger partial charge in [-0.25, -0.2) is 4.79 Å². The van der Waals surface area contributed by atoms with E-state index in [0.29, 0.717) is 18.9 Å². The zero-order valence-electron chi connectivity index (χ0n) is 14.5. The van der Waals surface area contributed by atoms with Crippen LogP contribution in [-0.2, 0) is 16.0 Å². The molecule has 1 aliphatic heterocycles. The molecule has 4 rings (SSSR count). The van der Waals surface area contributed by atoms with Gasteiger partial charge in [-0.1, -0.05) is 19.9 Å². The van der Waals surface area contributed by atoms with E-state index in [1.54, 1.807) is 12.5 Å². The highest BCUT2D eigenvalue weighted by Gasteiger charge is 2.63. The van der Waals surface area contributed by atoms with Gasteiger partial charge in [-0.2, -0.15) is 0 Å². The summed E-state index contributed by atoms with van der Waals surface area (Å²) in [6.45, 7) is 4.91. The number of hydrogen-bond donors (Lipinski definition) is 1. The van der Waals surface area contributed by atoms with Crippen LogP contribution in [0.5, 0.6) is 0 Å². The van der Waals surface area contributed by atoms with Crippen molar-refractivity contribution in [3.05, 3.63) is 35.8 Å². The number of furan rings is 1. The van der Waals surface area contributed by atoms with Crippen LogP contribution in [0.25, 0.3) is 0 Å². The summed E-state index contributed by atoms with van der Waals surface area (Å²) in [5.74, 6) is 0.412. The van der Waals surface area contributed by atoms with E-state index in [-0.39, 0.29) is 22.7 Å². The minimum Gasteiger partial charge on any atom is -0.472 e. The van der Waals surface area contributed by atoms with Crippen molar-refractivity contribution in [3.8, 4) is 0 Å². The number of aliphatic hydroxyl groups is 1. The Kier molecular flexibility index (Phi) is 3.64. The summed E-state index contributed by atoms with van der Waals surface area (Å²) in [5, 5.41) is 10.8. The molecule has 1 aromatic rings. The Morgan fingerprint density at radius 3 is 3.00 bits per heavy atom. The van der Waals surface area contributed by atoms with Gasteiger partial charge in [0.05, 0.1) is 18.6 Å². The van der Waals surface area contributed by atoms with Crippen molar-refractivity contribution in [1.29, 1.82) is 0 Å². The summed E-state index contributed by atoms with van der Waals surface area (Å²) < 4.78 is 10.7. The molecule has 0 aromatic carbocycles. The molecule has 1 saturated heterocycles. The SMILES string of the molecule is C[C@@H]1[C@H](O)C[C@]23COC(=O)C2=CCC[C@@H]3[C@]1(C)CCc1ccoc1. The molecule has 1 saturated carbocycles. The number of aryl methyl sites for hydroxylation is 1. The summed E-state index contributed by atoms with van der Waals surface area (Å²) in [5.41, 5.74) is 1.72. The fourth-order valence-corrected chi connectivity index (χ4v) is 5.63. The first-order chi connectivity index (χ1) is 11.5. The standard InChI is InChI=1S/C20H26O4/c1-13-16(21)10-20-12-24-18(22)15(20)4-3-5-17(20)19(13,2)8-6-14-7-9-23-11-14/h4,7,9,11,13,16-17,21H,3,5-6,8,10,12H2,1-2H3/t13-,16-,17-,19-,20+/m1/s1. The molecule has 2 aliphatic carbocycles. The largest absolute Gasteiger partial charge is 0.472 e. The van der Waals surface area contributed by atoms with Gasteiger partial charge in [0.15, 0.2) is 0 Å². The van der Waals surface area contributed by atoms with Gasteiger partial charge in [-0.15, -0.1) is 0 Å². The maximum atomic E-state index is 12.2. The van der Waals surface area contributed by atoms with E-state index in [4.69, 9.17) is 9.15 Å². The fourth-order valence-electron chi connectivity index (χ4n) is 5.63. The zero-order valence-corrected chi connectivity index (χ0v) is 14.5. The van der Waals surface area contributed by atoms with Crippen LogP contribution in [0.3, 0.4) is 0 Å². The molecule has 2 fully saturated rings. The molecule has 0 bridgehead atoms. The third kappa shape index (κ3) is 2.12. The maximum absolute atomic E-state index is 12.2. The summed E-state index contributed by atoms with van der Waals surface area (Å²) in [6.07, 6.45) is 9.75. The molecule has 1 aromatic heterocycles. The maximum Gasteiger partial charge on any atom is 0.334 e. The monoisotopic (exact) mass is 330 g/mol. The average molecular weight is 330 g/mol. The van der Waals surface area contributed by atoms with Crippen LogP contribution in [0, 0.1) is 22.7 Å². The third-order valence-electron chi connectivity index (χ3n) is 7.21. The Hall–Kier alpha value is -1.55. The van der Waals surface area contributed by atoms with Gasteiger partial charge in [-0.05, 0) is 61.0 Å². The molecule has 4 heteroatoms. The fraction of sp³-hybridized carbons (Fsp3) is 0.650. The van der Waals surface area contributed by atoms with Gasteiger partial charge in [0.1, 0.15) is 6.61 Å². The number of aliphatic hydroxyl groups excluding tert-OH is 1. The Labute approximate surface area is 142 Å². The van der Waals surface area contributed by atoms with E-state index in [0.717, 1.165) is 31.3 Å². The number of carbonyl (C=O) groups excluding carboxylic acids is 1. The van der Waals surface area contributed by atoms with Crippen molar-refractivity contribution >= 4 is 5.97 Å². The van der Waals surface area contributed by atoms with Crippen molar-refractivity contribution in [3.63, 3.8) is 0 Å². The van der Waals surface area contributed by atoms with Crippen LogP contribution >= 0.6 is 0 Å². The van der Waals surface area contributed by atoms with Crippen LogP contribution in [0.1, 0.15) is 45.1 Å². The van der Waals surface area contributed by atoms with Crippen molar-refractivity contribution in [2.75, 3.05) is 6.61 Å². The molecule has 24 heavy (non-hydrogen) atoms. The molecule has 3 aliphatic rings. The Bertz CT molecular complexity index is 661. The highest BCUT2D eigenvalue weighted by atomic mass is 16.5. The second-order valence-electron chi connectivity index (χ2n) is 8.18. The summed E-state index contributed by atoms with van der Waals surface area (Å²) in [4.78, 5) is 12.2. The number of ether oxygens (including phenoxy) is 1. The van der Waals surface area contributed by atoms with E-state index >= 15 is 0 Å². The van der Waals surface area contributed by atoms with Crippen LogP contribution < -0.4 is 0 Å². The molecule has 1 spiro atoms. The molecule has 0 amide bonds. The molecule has 4 nitrogen and oxygen atoms in total. The normalized spacial score (nSPS) is 41.4. The third-order valence-corrected chi connectivity index (χ3v) is 7.21. The number of rotatable bonds is 3. The Morgan fingerprint density at radius 1 is 1.42 bits per heavy atom. The minimum atomic E-state index is -0.397. The van der Waals surface area contributed by atoms with Crippen LogP contribution in [0.2, 0.25) is 0 Å². The van der Waals surface area contributed by atoms with Crippen LogP contribution in [0.4, 0.5) is 0 Å². The number of cyclic esters (lactones) is 1. The number of carbonyl (C=O) groups is 1. The summed E-state index contributed by atoms with van der Waals surface area (Å²) in [6, 6.07) is 2.01. The number of hydrogen-bond acceptors (Lipinski definition) is 4. The van der Waals surface area contributed by atoms with Crippen molar-refractivity contribution < 1.29 is 19.1 Å². The summed E-state index contributed by atoms with van der Waals surface area (Å²) >= 11 is 0. The highest BCUT2D eigenvalue weighted by molar-refractivity contribution is 5.92. The first-order valence-electron chi connectivity index (χ1n) is 9.04. The van der Waals surface area contributed by atoms with Gasteiger partial charge >= 0.3 is 5.97 Å². The predicted octanol–water partition coefficient (Wildman–Crippen LogP) is 3.50. The second kappa shape index (κ2) is 5.48. The molecular formula is C20H26O4. The first kappa shape index (κ1) is 15.9. The minimum absolute atomic E-state index is 0.0254. The molecular weight excluding hydrogens is 304 g/mol. The average Bonchev–Trinajstić information content (AvgIpc) is 3.19. The molecule has 0 radical (unpaired) electrons. The second-order valence-corrected chi connectivity index (χ2v) is 8.18. The van der Waals surface area contributed by atoms with Crippen molar-refractivity contribution in [2.24, 2.45) is 22.7 Å². The lowest BCUT2D eigenvalue weighted by Gasteiger charge is -2.58. The van der Waals surface area contributed by atoms with E-state index in [1.807, 2.05) is 6.07 Å². The van der Waals surface area contributed by atoms with E-state index in [1.165, 1.54) is 5.56 Å². The van der Waals surface area contributed by atoms with E-state index < -0.39 is 6.10 Å². The lowest BCUT2D eigenvalue weighted by atomic mass is 9.46. The first-order valence-corrected chi connectivity index (χ1v) is 9.04. The zero-order chi connectivity index (χ0) is 16.9. The molecule has 130 valence electrons. The van der Waals surface area contributed by atoms with Gasteiger partial charge in [0.25, 0.3) is 0 Å². The summed E-state index contributed by atoms with van der Waals surface area (Å²) in [7, 11) is 0. The van der Waals surface area contributed by atoms with Crippen LogP contribution in [-0.4, -0.2) is 23.8 Å². The highest BCUT2D eigenvalue weighted by Crippen LogP contribution is 2.63. The predicted molar refractivity (Wildman–Crippen MR) is 89.1 cm³/mol. The topological polar surface area (TPSA) is 59.7 Å². The number of allylic oxidation sites excluding steroid dienone is 1. The van der Waals surface area contributed by atoms with E-state index in [9.17, 15) is 9.90 Å². The van der Waals surface area contributed by atoms with Gasteiger partial charge in [0.2, 0.25) is 0 Å². The molecule has 2 heterocycles. The van der Waals surface area contributed by atoms with Gasteiger partial charge in [0, 0.05) is 11.0 Å². The lowest BCUT2D eigenvalue weighted by Crippen LogP contribution is -2.56. The Morgan fingerprint density at radius 2 is 2.25 bits per heavy atom. The van der Waals surface area contributed by atoms with Gasteiger partial charge in [-0.3, -0.25) is 0 Å². The molecule has 0 unspecified atom stereocenters. The number of esters is 1. The van der Waals surface area contributed by atoms with Crippen LogP contribution in [0.15, 0.2) is 34.7 Å². The Balaban J connectivity index is 1.69. The molecule has 1 N–H and O–H groups in total.